The predicted octanol–water partition coefficient (Wildman–Crippen LogP) is 3.68. The van der Waals surface area contributed by atoms with Crippen molar-refractivity contribution in [3.8, 4) is 0 Å². The maximum absolute atomic E-state index is 12.5. The fourth-order valence-corrected chi connectivity index (χ4v) is 4.43. The molecule has 4 rings (SSSR count). The van der Waals surface area contributed by atoms with Crippen LogP contribution in [-0.2, 0) is 0 Å². The molecule has 2 aromatic carbocycles. The molecule has 0 unspecified atom stereocenters. The number of hydrogen-bond donors (Lipinski definition) is 0. The summed E-state index contributed by atoms with van der Waals surface area (Å²) in [4.78, 5) is 29.6. The van der Waals surface area contributed by atoms with Crippen LogP contribution in [-0.4, -0.2) is 48.8 Å². The molecule has 6 nitrogen and oxygen atoms in total. The minimum atomic E-state index is -0.339. The average molecular weight is 381 g/mol. The van der Waals surface area contributed by atoms with E-state index in [-0.39, 0.29) is 16.4 Å². The molecule has 2 heterocycles. The average Bonchev–Trinajstić information content (AvgIpc) is 2.98. The molecule has 0 saturated carbocycles. The largest absolute Gasteiger partial charge is 0.363 e. The summed E-state index contributed by atoms with van der Waals surface area (Å²) in [5.74, 6) is -0.0265. The third-order valence-corrected chi connectivity index (χ3v) is 6.01. The number of nitro groups is 1. The van der Waals surface area contributed by atoms with Crippen molar-refractivity contribution in [2.24, 2.45) is 0 Å². The van der Waals surface area contributed by atoms with E-state index in [1.165, 1.54) is 11.8 Å². The first-order valence-corrected chi connectivity index (χ1v) is 9.60. The van der Waals surface area contributed by atoms with Crippen LogP contribution in [0.25, 0.3) is 6.08 Å². The van der Waals surface area contributed by atoms with E-state index in [4.69, 9.17) is 0 Å². The SMILES string of the molecule is CN1CCN(c2ccc(C=C3Sc4ccccc4C3=O)cc2[N+](=O)[O-])CC1. The van der Waals surface area contributed by atoms with E-state index < -0.39 is 0 Å². The highest BCUT2D eigenvalue weighted by molar-refractivity contribution is 8.04. The van der Waals surface area contributed by atoms with Gasteiger partial charge in [0.1, 0.15) is 5.69 Å². The van der Waals surface area contributed by atoms with Gasteiger partial charge >= 0.3 is 0 Å². The van der Waals surface area contributed by atoms with Gasteiger partial charge in [-0.2, -0.15) is 0 Å². The van der Waals surface area contributed by atoms with Crippen LogP contribution in [0.3, 0.4) is 0 Å². The molecule has 0 atom stereocenters. The molecule has 0 aromatic heterocycles. The van der Waals surface area contributed by atoms with E-state index in [9.17, 15) is 14.9 Å². The standard InChI is InChI=1S/C20H19N3O3S/c1-21-8-10-22(11-9-21)16-7-6-14(12-17(16)23(25)26)13-19-20(24)15-4-2-3-5-18(15)27-19/h2-7,12-13H,8-11H2,1H3. The first-order chi connectivity index (χ1) is 13.0. The van der Waals surface area contributed by atoms with Crippen LogP contribution >= 0.6 is 11.8 Å². The summed E-state index contributed by atoms with van der Waals surface area (Å²) < 4.78 is 0. The first-order valence-electron chi connectivity index (χ1n) is 8.78. The number of hydrogen-bond acceptors (Lipinski definition) is 6. The molecule has 2 aromatic rings. The lowest BCUT2D eigenvalue weighted by molar-refractivity contribution is -0.384. The number of nitro benzene ring substituents is 1. The molecule has 138 valence electrons. The second-order valence-electron chi connectivity index (χ2n) is 6.73. The molecule has 27 heavy (non-hydrogen) atoms. The number of fused-ring (bicyclic) bond motifs is 1. The van der Waals surface area contributed by atoms with Crippen LogP contribution in [0.2, 0.25) is 0 Å². The fourth-order valence-electron chi connectivity index (χ4n) is 3.38. The normalized spacial score (nSPS) is 18.8. The van der Waals surface area contributed by atoms with Gasteiger partial charge in [-0.3, -0.25) is 14.9 Å². The number of likely N-dealkylation sites (N-methyl/N-ethyl adjacent to an activating group) is 1. The number of benzene rings is 2. The van der Waals surface area contributed by atoms with Gasteiger partial charge in [-0.1, -0.05) is 30.0 Å². The predicted molar refractivity (Wildman–Crippen MR) is 107 cm³/mol. The highest BCUT2D eigenvalue weighted by atomic mass is 32.2. The molecule has 1 saturated heterocycles. The Labute approximate surface area is 161 Å². The second-order valence-corrected chi connectivity index (χ2v) is 7.82. The van der Waals surface area contributed by atoms with E-state index in [1.807, 2.05) is 30.3 Å². The van der Waals surface area contributed by atoms with Crippen molar-refractivity contribution in [3.05, 3.63) is 68.6 Å². The maximum atomic E-state index is 12.5. The van der Waals surface area contributed by atoms with Gasteiger partial charge in [-0.05, 0) is 36.9 Å². The molecule has 2 aliphatic heterocycles. The number of anilines is 1. The Bertz CT molecular complexity index is 949. The lowest BCUT2D eigenvalue weighted by atomic mass is 10.1. The topological polar surface area (TPSA) is 66.7 Å². The molecule has 0 amide bonds. The molecule has 0 aliphatic carbocycles. The van der Waals surface area contributed by atoms with E-state index >= 15 is 0 Å². The number of carbonyl (C=O) groups excluding carboxylic acids is 1. The number of ketones is 1. The van der Waals surface area contributed by atoms with Crippen LogP contribution < -0.4 is 4.90 Å². The Morgan fingerprint density at radius 2 is 1.85 bits per heavy atom. The second kappa shape index (κ2) is 7.17. The van der Waals surface area contributed by atoms with Crippen molar-refractivity contribution in [2.75, 3.05) is 38.1 Å². The quantitative estimate of drug-likeness (QED) is 0.459. The molecular formula is C20H19N3O3S. The summed E-state index contributed by atoms with van der Waals surface area (Å²) in [7, 11) is 2.05. The van der Waals surface area contributed by atoms with Gasteiger partial charge in [0.25, 0.3) is 5.69 Å². The zero-order valence-corrected chi connectivity index (χ0v) is 15.7. The monoisotopic (exact) mass is 381 g/mol. The Morgan fingerprint density at radius 1 is 1.11 bits per heavy atom. The lowest BCUT2D eigenvalue weighted by Crippen LogP contribution is -2.44. The Morgan fingerprint density at radius 3 is 2.56 bits per heavy atom. The Hall–Kier alpha value is -2.64. The zero-order valence-electron chi connectivity index (χ0n) is 14.9. The molecular weight excluding hydrogens is 362 g/mol. The fraction of sp³-hybridized carbons (Fsp3) is 0.250. The van der Waals surface area contributed by atoms with Crippen molar-refractivity contribution in [3.63, 3.8) is 0 Å². The van der Waals surface area contributed by atoms with Crippen LogP contribution in [0.15, 0.2) is 52.3 Å². The summed E-state index contributed by atoms with van der Waals surface area (Å²) in [5.41, 5.74) is 2.09. The molecule has 0 spiro atoms. The maximum Gasteiger partial charge on any atom is 0.293 e. The summed E-state index contributed by atoms with van der Waals surface area (Å²) >= 11 is 1.41. The van der Waals surface area contributed by atoms with Crippen molar-refractivity contribution in [1.82, 2.24) is 4.90 Å². The van der Waals surface area contributed by atoms with E-state index in [2.05, 4.69) is 16.8 Å². The van der Waals surface area contributed by atoms with E-state index in [0.29, 0.717) is 21.7 Å². The highest BCUT2D eigenvalue weighted by Crippen LogP contribution is 2.41. The van der Waals surface area contributed by atoms with Crippen molar-refractivity contribution < 1.29 is 9.72 Å². The highest BCUT2D eigenvalue weighted by Gasteiger charge is 2.26. The van der Waals surface area contributed by atoms with Gasteiger partial charge in [0.05, 0.1) is 9.83 Å². The summed E-state index contributed by atoms with van der Waals surface area (Å²) in [6.45, 7) is 3.29. The molecule has 1 fully saturated rings. The number of allylic oxidation sites excluding steroid dienone is 1. The summed E-state index contributed by atoms with van der Waals surface area (Å²) in [6, 6.07) is 12.7. The van der Waals surface area contributed by atoms with Gasteiger partial charge < -0.3 is 9.80 Å². The molecule has 2 aliphatic rings. The summed E-state index contributed by atoms with van der Waals surface area (Å²) in [6.07, 6.45) is 1.74. The van der Waals surface area contributed by atoms with Gasteiger partial charge in [0, 0.05) is 42.7 Å². The van der Waals surface area contributed by atoms with E-state index in [0.717, 1.165) is 31.1 Å². The van der Waals surface area contributed by atoms with Crippen molar-refractivity contribution >= 4 is 35.0 Å². The van der Waals surface area contributed by atoms with Crippen LogP contribution in [0.4, 0.5) is 11.4 Å². The number of piperazine rings is 1. The number of thioether (sulfide) groups is 1. The van der Waals surface area contributed by atoms with Crippen molar-refractivity contribution in [2.45, 2.75) is 4.90 Å². The van der Waals surface area contributed by atoms with Crippen LogP contribution in [0, 0.1) is 10.1 Å². The number of carbonyl (C=O) groups is 1. The van der Waals surface area contributed by atoms with Crippen LogP contribution in [0.5, 0.6) is 0 Å². The first kappa shape index (κ1) is 17.8. The Kier molecular flexibility index (Phi) is 4.72. The lowest BCUT2D eigenvalue weighted by Gasteiger charge is -2.33. The van der Waals surface area contributed by atoms with Gasteiger partial charge in [0.15, 0.2) is 0 Å². The van der Waals surface area contributed by atoms with Crippen LogP contribution in [0.1, 0.15) is 15.9 Å². The van der Waals surface area contributed by atoms with Crippen molar-refractivity contribution in [1.29, 1.82) is 0 Å². The molecule has 0 radical (unpaired) electrons. The smallest absolute Gasteiger partial charge is 0.293 e. The minimum absolute atomic E-state index is 0.0265. The third kappa shape index (κ3) is 3.48. The van der Waals surface area contributed by atoms with Gasteiger partial charge in [0.2, 0.25) is 5.78 Å². The Balaban J connectivity index is 1.64. The number of rotatable bonds is 3. The molecule has 7 heteroatoms. The molecule has 0 bridgehead atoms. The zero-order chi connectivity index (χ0) is 19.0. The molecule has 0 N–H and O–H groups in total. The third-order valence-electron chi connectivity index (χ3n) is 4.91. The summed E-state index contributed by atoms with van der Waals surface area (Å²) in [5, 5.41) is 11.6. The van der Waals surface area contributed by atoms with Gasteiger partial charge in [-0.15, -0.1) is 0 Å². The minimum Gasteiger partial charge on any atom is -0.363 e. The number of Topliss-reactive ketones (excluding diaryl/α,β-unsaturated/α-hetero) is 1. The van der Waals surface area contributed by atoms with Gasteiger partial charge in [-0.25, -0.2) is 0 Å². The number of nitrogens with zero attached hydrogens (tertiary/aromatic N) is 3. The van der Waals surface area contributed by atoms with E-state index in [1.54, 1.807) is 18.2 Å².